The second-order valence-electron chi connectivity index (χ2n) is 5.06. The van der Waals surface area contributed by atoms with Crippen LogP contribution in [0, 0.1) is 0 Å². The summed E-state index contributed by atoms with van der Waals surface area (Å²) in [5, 5.41) is 3.96. The molecule has 0 spiro atoms. The van der Waals surface area contributed by atoms with Gasteiger partial charge in [-0.3, -0.25) is 14.7 Å². The highest BCUT2D eigenvalue weighted by Gasteiger charge is 2.30. The van der Waals surface area contributed by atoms with Crippen LogP contribution in [0.4, 0.5) is 0 Å². The number of ether oxygens (including phenoxy) is 1. The zero-order chi connectivity index (χ0) is 14.5. The number of carbonyl (C=O) groups excluding carboxylic acids is 1. The van der Waals surface area contributed by atoms with Crippen molar-refractivity contribution in [2.45, 2.75) is 25.4 Å². The first kappa shape index (κ1) is 15.2. The minimum Gasteiger partial charge on any atom is -0.468 e. The molecule has 110 valence electrons. The van der Waals surface area contributed by atoms with Crippen LogP contribution in [0.5, 0.6) is 0 Å². The van der Waals surface area contributed by atoms with E-state index in [1.54, 1.807) is 12.3 Å². The molecule has 0 bridgehead atoms. The molecular formula is C14H20ClN3O2. The number of hydrogen-bond donors (Lipinski definition) is 1. The lowest BCUT2D eigenvalue weighted by Crippen LogP contribution is -2.55. The number of methoxy groups -OCH3 is 1. The minimum absolute atomic E-state index is 0.212. The van der Waals surface area contributed by atoms with Crippen LogP contribution in [-0.2, 0) is 16.0 Å². The highest BCUT2D eigenvalue weighted by atomic mass is 35.5. The Kier molecular flexibility index (Phi) is 5.34. The lowest BCUT2D eigenvalue weighted by Gasteiger charge is -2.36. The number of nitrogens with one attached hydrogen (secondary N) is 1. The summed E-state index contributed by atoms with van der Waals surface area (Å²) in [6, 6.07) is 3.72. The van der Waals surface area contributed by atoms with E-state index in [-0.39, 0.29) is 12.0 Å². The molecule has 0 radical (unpaired) electrons. The van der Waals surface area contributed by atoms with Crippen LogP contribution in [0.2, 0.25) is 5.02 Å². The molecule has 0 aromatic carbocycles. The molecule has 1 fully saturated rings. The van der Waals surface area contributed by atoms with Gasteiger partial charge in [0.15, 0.2) is 0 Å². The molecule has 20 heavy (non-hydrogen) atoms. The van der Waals surface area contributed by atoms with Gasteiger partial charge in [-0.2, -0.15) is 0 Å². The van der Waals surface area contributed by atoms with E-state index in [1.165, 1.54) is 7.11 Å². The summed E-state index contributed by atoms with van der Waals surface area (Å²) in [4.78, 5) is 18.5. The highest BCUT2D eigenvalue weighted by Crippen LogP contribution is 2.13. The quantitative estimate of drug-likeness (QED) is 0.844. The summed E-state index contributed by atoms with van der Waals surface area (Å²) in [6.07, 6.45) is 2.14. The maximum Gasteiger partial charge on any atom is 0.323 e. The second kappa shape index (κ2) is 7.02. The zero-order valence-corrected chi connectivity index (χ0v) is 12.6. The van der Waals surface area contributed by atoms with Gasteiger partial charge >= 0.3 is 5.97 Å². The van der Waals surface area contributed by atoms with Crippen molar-refractivity contribution >= 4 is 17.6 Å². The van der Waals surface area contributed by atoms with E-state index in [0.29, 0.717) is 17.5 Å². The van der Waals surface area contributed by atoms with Gasteiger partial charge in [0.1, 0.15) is 6.04 Å². The zero-order valence-electron chi connectivity index (χ0n) is 11.8. The maximum absolute atomic E-state index is 12.1. The third-order valence-corrected chi connectivity index (χ3v) is 3.73. The fourth-order valence-electron chi connectivity index (χ4n) is 2.47. The second-order valence-corrected chi connectivity index (χ2v) is 5.50. The van der Waals surface area contributed by atoms with E-state index in [0.717, 1.165) is 25.3 Å². The molecule has 1 aliphatic heterocycles. The Morgan fingerprint density at radius 1 is 1.65 bits per heavy atom. The molecule has 5 nitrogen and oxygen atoms in total. The Balaban J connectivity index is 2.10. The Morgan fingerprint density at radius 2 is 2.45 bits per heavy atom. The number of halogens is 1. The number of rotatable bonds is 4. The van der Waals surface area contributed by atoms with E-state index in [1.807, 2.05) is 6.07 Å². The maximum atomic E-state index is 12.1. The number of carbonyl (C=O) groups is 1. The van der Waals surface area contributed by atoms with E-state index >= 15 is 0 Å². The molecule has 1 aliphatic rings. The van der Waals surface area contributed by atoms with Gasteiger partial charge in [0, 0.05) is 44.0 Å². The van der Waals surface area contributed by atoms with Crippen molar-refractivity contribution in [3.63, 3.8) is 0 Å². The normalized spacial score (nSPS) is 21.4. The lowest BCUT2D eigenvalue weighted by atomic mass is 10.1. The van der Waals surface area contributed by atoms with Crippen LogP contribution in [0.25, 0.3) is 0 Å². The summed E-state index contributed by atoms with van der Waals surface area (Å²) in [5.41, 5.74) is 0.844. The van der Waals surface area contributed by atoms with Crippen LogP contribution >= 0.6 is 11.6 Å². The molecule has 0 unspecified atom stereocenters. The molecule has 1 N–H and O–H groups in total. The predicted molar refractivity (Wildman–Crippen MR) is 77.8 cm³/mol. The largest absolute Gasteiger partial charge is 0.468 e. The molecule has 1 saturated heterocycles. The van der Waals surface area contributed by atoms with Crippen LogP contribution < -0.4 is 5.32 Å². The third-order valence-electron chi connectivity index (χ3n) is 3.51. The number of hydrogen-bond acceptors (Lipinski definition) is 5. The summed E-state index contributed by atoms with van der Waals surface area (Å²) in [5.74, 6) is -0.212. The molecule has 0 saturated carbocycles. The van der Waals surface area contributed by atoms with Gasteiger partial charge in [0.2, 0.25) is 0 Å². The topological polar surface area (TPSA) is 54.5 Å². The molecule has 2 rings (SSSR count). The van der Waals surface area contributed by atoms with Gasteiger partial charge in [0.05, 0.1) is 12.1 Å². The van der Waals surface area contributed by atoms with Gasteiger partial charge in [-0.1, -0.05) is 11.6 Å². The standard InChI is InChI=1S/C14H20ClN3O2/c1-10-9-18(6-5-16-10)13(14(19)20-2)7-12-4-3-11(15)8-17-12/h3-4,8,10,13,16H,5-7,9H2,1-2H3/t10-,13-/m0/s1. The predicted octanol–water partition coefficient (Wildman–Crippen LogP) is 1.11. The lowest BCUT2D eigenvalue weighted by molar-refractivity contribution is -0.147. The van der Waals surface area contributed by atoms with E-state index < -0.39 is 0 Å². The summed E-state index contributed by atoms with van der Waals surface area (Å²) in [7, 11) is 1.43. The number of pyridine rings is 1. The van der Waals surface area contributed by atoms with Crippen LogP contribution in [0.1, 0.15) is 12.6 Å². The number of esters is 1. The SMILES string of the molecule is COC(=O)[C@H](Cc1ccc(Cl)cn1)N1CCN[C@@H](C)C1. The van der Waals surface area contributed by atoms with Crippen molar-refractivity contribution in [1.29, 1.82) is 0 Å². The van der Waals surface area contributed by atoms with Gasteiger partial charge in [0.25, 0.3) is 0 Å². The van der Waals surface area contributed by atoms with Gasteiger partial charge in [-0.25, -0.2) is 0 Å². The van der Waals surface area contributed by atoms with E-state index in [2.05, 4.69) is 22.1 Å². The molecule has 1 aromatic heterocycles. The molecule has 2 heterocycles. The molecule has 1 aromatic rings. The van der Waals surface area contributed by atoms with E-state index in [9.17, 15) is 4.79 Å². The van der Waals surface area contributed by atoms with Crippen molar-refractivity contribution in [3.05, 3.63) is 29.0 Å². The van der Waals surface area contributed by atoms with Gasteiger partial charge in [-0.05, 0) is 19.1 Å². The average molecular weight is 298 g/mol. The molecule has 2 atom stereocenters. The molecular weight excluding hydrogens is 278 g/mol. The third kappa shape index (κ3) is 3.91. The number of piperazine rings is 1. The number of nitrogens with zero attached hydrogens (tertiary/aromatic N) is 2. The van der Waals surface area contributed by atoms with Crippen molar-refractivity contribution in [3.8, 4) is 0 Å². The molecule has 6 heteroatoms. The van der Waals surface area contributed by atoms with Crippen molar-refractivity contribution < 1.29 is 9.53 Å². The summed E-state index contributed by atoms with van der Waals surface area (Å²) >= 11 is 5.83. The molecule has 0 aliphatic carbocycles. The highest BCUT2D eigenvalue weighted by molar-refractivity contribution is 6.30. The Hall–Kier alpha value is -1.17. The first-order valence-corrected chi connectivity index (χ1v) is 7.13. The summed E-state index contributed by atoms with van der Waals surface area (Å²) in [6.45, 7) is 4.65. The Bertz CT molecular complexity index is 452. The molecule has 0 amide bonds. The van der Waals surface area contributed by atoms with Crippen LogP contribution in [0.15, 0.2) is 18.3 Å². The monoisotopic (exact) mass is 297 g/mol. The first-order chi connectivity index (χ1) is 9.60. The average Bonchev–Trinajstić information content (AvgIpc) is 2.46. The van der Waals surface area contributed by atoms with Gasteiger partial charge in [-0.15, -0.1) is 0 Å². The first-order valence-electron chi connectivity index (χ1n) is 6.76. The van der Waals surface area contributed by atoms with Crippen molar-refractivity contribution in [2.75, 3.05) is 26.7 Å². The Labute approximate surface area is 124 Å². The van der Waals surface area contributed by atoms with E-state index in [4.69, 9.17) is 16.3 Å². The fourth-order valence-corrected chi connectivity index (χ4v) is 2.58. The number of aromatic nitrogens is 1. The van der Waals surface area contributed by atoms with Crippen LogP contribution in [-0.4, -0.2) is 54.7 Å². The van der Waals surface area contributed by atoms with Gasteiger partial charge < -0.3 is 10.1 Å². The smallest absolute Gasteiger partial charge is 0.323 e. The summed E-state index contributed by atoms with van der Waals surface area (Å²) < 4.78 is 4.94. The van der Waals surface area contributed by atoms with Crippen LogP contribution in [0.3, 0.4) is 0 Å². The Morgan fingerprint density at radius 3 is 3.05 bits per heavy atom. The van der Waals surface area contributed by atoms with Crippen molar-refractivity contribution in [2.24, 2.45) is 0 Å². The fraction of sp³-hybridized carbons (Fsp3) is 0.571. The van der Waals surface area contributed by atoms with Crippen molar-refractivity contribution in [1.82, 2.24) is 15.2 Å². The minimum atomic E-state index is -0.293.